The van der Waals surface area contributed by atoms with E-state index in [1.807, 2.05) is 16.8 Å². The second kappa shape index (κ2) is 7.92. The number of anilines is 1. The molecule has 1 aliphatic rings. The zero-order chi connectivity index (χ0) is 17.6. The van der Waals surface area contributed by atoms with Gasteiger partial charge >= 0.3 is 0 Å². The summed E-state index contributed by atoms with van der Waals surface area (Å²) in [6, 6.07) is 3.47. The highest BCUT2D eigenvalue weighted by molar-refractivity contribution is 5.94. The minimum absolute atomic E-state index is 0.0102. The van der Waals surface area contributed by atoms with Crippen LogP contribution in [0.5, 0.6) is 5.88 Å². The van der Waals surface area contributed by atoms with E-state index in [1.54, 1.807) is 36.9 Å². The van der Waals surface area contributed by atoms with Crippen LogP contribution in [0, 0.1) is 0 Å². The topological polar surface area (TPSA) is 71.5 Å². The molecule has 0 N–H and O–H groups in total. The van der Waals surface area contributed by atoms with Crippen LogP contribution in [-0.4, -0.2) is 58.5 Å². The number of carbonyl (C=O) groups is 1. The molecule has 0 saturated carbocycles. The van der Waals surface area contributed by atoms with E-state index in [-0.39, 0.29) is 12.0 Å². The molecule has 2 aromatic heterocycles. The van der Waals surface area contributed by atoms with Crippen molar-refractivity contribution < 1.29 is 9.53 Å². The Balaban J connectivity index is 1.65. The van der Waals surface area contributed by atoms with Crippen molar-refractivity contribution in [1.82, 2.24) is 19.9 Å². The summed E-state index contributed by atoms with van der Waals surface area (Å²) in [4.78, 5) is 29.0. The van der Waals surface area contributed by atoms with Gasteiger partial charge in [-0.3, -0.25) is 9.78 Å². The van der Waals surface area contributed by atoms with Crippen molar-refractivity contribution in [3.05, 3.63) is 42.5 Å². The molecule has 1 fully saturated rings. The molecule has 7 nitrogen and oxygen atoms in total. The van der Waals surface area contributed by atoms with Crippen LogP contribution < -0.4 is 9.64 Å². The predicted octanol–water partition coefficient (Wildman–Crippen LogP) is 2.01. The average molecular weight is 341 g/mol. The van der Waals surface area contributed by atoms with Crippen molar-refractivity contribution in [2.45, 2.75) is 25.9 Å². The van der Waals surface area contributed by atoms with Gasteiger partial charge in [0, 0.05) is 56.9 Å². The van der Waals surface area contributed by atoms with Crippen LogP contribution in [0.15, 0.2) is 36.9 Å². The molecule has 1 amide bonds. The van der Waals surface area contributed by atoms with Crippen LogP contribution in [0.25, 0.3) is 0 Å². The summed E-state index contributed by atoms with van der Waals surface area (Å²) in [6.45, 7) is 4.22. The van der Waals surface area contributed by atoms with E-state index in [1.165, 1.54) is 0 Å². The molecule has 3 heterocycles. The molecule has 0 radical (unpaired) electrons. The first-order valence-corrected chi connectivity index (χ1v) is 8.57. The molecule has 0 aromatic carbocycles. The minimum atomic E-state index is -0.0729. The Bertz CT molecular complexity index is 710. The molecule has 25 heavy (non-hydrogen) atoms. The highest BCUT2D eigenvalue weighted by atomic mass is 16.5. The molecular formula is C18H23N5O2. The average Bonchev–Trinajstić information content (AvgIpc) is 3.11. The fourth-order valence-corrected chi connectivity index (χ4v) is 2.95. The molecule has 132 valence electrons. The Morgan fingerprint density at radius 3 is 2.80 bits per heavy atom. The van der Waals surface area contributed by atoms with Gasteiger partial charge in [-0.25, -0.2) is 9.97 Å². The number of hydrogen-bond acceptors (Lipinski definition) is 6. The van der Waals surface area contributed by atoms with Gasteiger partial charge in [0.1, 0.15) is 6.10 Å². The van der Waals surface area contributed by atoms with Gasteiger partial charge in [0.15, 0.2) is 5.82 Å². The van der Waals surface area contributed by atoms with Crippen LogP contribution >= 0.6 is 0 Å². The van der Waals surface area contributed by atoms with Crippen molar-refractivity contribution >= 4 is 11.7 Å². The van der Waals surface area contributed by atoms with Crippen LogP contribution in [0.3, 0.4) is 0 Å². The number of amides is 1. The Morgan fingerprint density at radius 2 is 2.04 bits per heavy atom. The highest BCUT2D eigenvalue weighted by Gasteiger charge is 2.29. The monoisotopic (exact) mass is 341 g/mol. The Labute approximate surface area is 147 Å². The molecular weight excluding hydrogens is 318 g/mol. The van der Waals surface area contributed by atoms with Crippen molar-refractivity contribution in [1.29, 1.82) is 0 Å². The standard InChI is InChI=1S/C18H23N5O2/c1-3-11-22(2)16-17(21-10-9-20-16)25-15-6-12-23(13-15)18(24)14-4-7-19-8-5-14/h4-5,7-10,15H,3,6,11-13H2,1-2H3. The van der Waals surface area contributed by atoms with E-state index >= 15 is 0 Å². The first kappa shape index (κ1) is 17.1. The summed E-state index contributed by atoms with van der Waals surface area (Å²) in [5.41, 5.74) is 0.651. The molecule has 1 saturated heterocycles. The number of ether oxygens (including phenoxy) is 1. The van der Waals surface area contributed by atoms with Gasteiger partial charge in [-0.15, -0.1) is 0 Å². The number of rotatable bonds is 6. The SMILES string of the molecule is CCCN(C)c1nccnc1OC1CCN(C(=O)c2ccncc2)C1. The summed E-state index contributed by atoms with van der Waals surface area (Å²) in [5.74, 6) is 1.28. The maximum absolute atomic E-state index is 12.5. The van der Waals surface area contributed by atoms with Gasteiger partial charge < -0.3 is 14.5 Å². The van der Waals surface area contributed by atoms with E-state index in [0.29, 0.717) is 24.5 Å². The quantitative estimate of drug-likeness (QED) is 0.800. The maximum atomic E-state index is 12.5. The minimum Gasteiger partial charge on any atom is -0.470 e. The lowest BCUT2D eigenvalue weighted by Crippen LogP contribution is -2.31. The number of aromatic nitrogens is 3. The number of pyridine rings is 1. The molecule has 3 rings (SSSR count). The van der Waals surface area contributed by atoms with Crippen molar-refractivity contribution in [2.24, 2.45) is 0 Å². The lowest BCUT2D eigenvalue weighted by molar-refractivity contribution is 0.0771. The van der Waals surface area contributed by atoms with Crippen LogP contribution in [0.4, 0.5) is 5.82 Å². The normalized spacial score (nSPS) is 16.7. The van der Waals surface area contributed by atoms with Crippen molar-refractivity contribution in [3.63, 3.8) is 0 Å². The van der Waals surface area contributed by atoms with Gasteiger partial charge in [-0.1, -0.05) is 6.92 Å². The van der Waals surface area contributed by atoms with E-state index in [2.05, 4.69) is 21.9 Å². The Kier molecular flexibility index (Phi) is 5.42. The van der Waals surface area contributed by atoms with Gasteiger partial charge in [-0.2, -0.15) is 0 Å². The highest BCUT2D eigenvalue weighted by Crippen LogP contribution is 2.25. The lowest BCUT2D eigenvalue weighted by Gasteiger charge is -2.21. The summed E-state index contributed by atoms with van der Waals surface area (Å²) < 4.78 is 6.07. The number of hydrogen-bond donors (Lipinski definition) is 0. The second-order valence-corrected chi connectivity index (χ2v) is 6.12. The summed E-state index contributed by atoms with van der Waals surface area (Å²) in [6.07, 6.45) is 8.29. The molecule has 0 aliphatic carbocycles. The first-order chi connectivity index (χ1) is 12.2. The molecule has 1 aliphatic heterocycles. The lowest BCUT2D eigenvalue weighted by atomic mass is 10.2. The van der Waals surface area contributed by atoms with Gasteiger partial charge in [-0.05, 0) is 18.6 Å². The Morgan fingerprint density at radius 1 is 1.28 bits per heavy atom. The zero-order valence-electron chi connectivity index (χ0n) is 14.6. The largest absolute Gasteiger partial charge is 0.470 e. The van der Waals surface area contributed by atoms with E-state index in [0.717, 1.165) is 25.2 Å². The van der Waals surface area contributed by atoms with Crippen molar-refractivity contribution in [2.75, 3.05) is 31.6 Å². The molecule has 7 heteroatoms. The van der Waals surface area contributed by atoms with E-state index < -0.39 is 0 Å². The molecule has 2 aromatic rings. The summed E-state index contributed by atoms with van der Waals surface area (Å²) >= 11 is 0. The van der Waals surface area contributed by atoms with Gasteiger partial charge in [0.2, 0.25) is 0 Å². The fraction of sp³-hybridized carbons (Fsp3) is 0.444. The third-order valence-electron chi connectivity index (χ3n) is 4.20. The summed E-state index contributed by atoms with van der Waals surface area (Å²) in [5, 5.41) is 0. The molecule has 1 atom stereocenters. The van der Waals surface area contributed by atoms with Gasteiger partial charge in [0.25, 0.3) is 11.8 Å². The molecule has 0 bridgehead atoms. The zero-order valence-corrected chi connectivity index (χ0v) is 14.6. The van der Waals surface area contributed by atoms with E-state index in [4.69, 9.17) is 4.74 Å². The summed E-state index contributed by atoms with van der Waals surface area (Å²) in [7, 11) is 1.98. The number of carbonyl (C=O) groups excluding carboxylic acids is 1. The molecule has 1 unspecified atom stereocenters. The molecule has 0 spiro atoms. The fourth-order valence-electron chi connectivity index (χ4n) is 2.95. The van der Waals surface area contributed by atoms with E-state index in [9.17, 15) is 4.79 Å². The third kappa shape index (κ3) is 4.04. The Hall–Kier alpha value is -2.70. The van der Waals surface area contributed by atoms with Crippen LogP contribution in [0.2, 0.25) is 0 Å². The first-order valence-electron chi connectivity index (χ1n) is 8.57. The maximum Gasteiger partial charge on any atom is 0.257 e. The van der Waals surface area contributed by atoms with Crippen LogP contribution in [0.1, 0.15) is 30.1 Å². The predicted molar refractivity (Wildman–Crippen MR) is 94.8 cm³/mol. The second-order valence-electron chi connectivity index (χ2n) is 6.12. The number of nitrogens with zero attached hydrogens (tertiary/aromatic N) is 5. The van der Waals surface area contributed by atoms with Crippen molar-refractivity contribution in [3.8, 4) is 5.88 Å². The van der Waals surface area contributed by atoms with Gasteiger partial charge in [0.05, 0.1) is 6.54 Å². The number of likely N-dealkylation sites (tertiary alicyclic amines) is 1. The smallest absolute Gasteiger partial charge is 0.257 e. The van der Waals surface area contributed by atoms with Crippen LogP contribution in [-0.2, 0) is 0 Å². The third-order valence-corrected chi connectivity index (χ3v) is 4.20.